The zero-order chi connectivity index (χ0) is 10.1. The molecule has 1 heterocycles. The molecule has 0 spiro atoms. The quantitative estimate of drug-likeness (QED) is 0.685. The van der Waals surface area contributed by atoms with E-state index < -0.39 is 0 Å². The van der Waals surface area contributed by atoms with E-state index in [2.05, 4.69) is 9.97 Å². The lowest BCUT2D eigenvalue weighted by atomic mass is 10.2. The summed E-state index contributed by atoms with van der Waals surface area (Å²) in [6.07, 6.45) is 1.56. The summed E-state index contributed by atoms with van der Waals surface area (Å²) in [5.41, 5.74) is 7.37. The van der Waals surface area contributed by atoms with Gasteiger partial charge in [-0.2, -0.15) is 0 Å². The number of aromatic nitrogens is 2. The number of nitrogens with zero attached hydrogens (tertiary/aromatic N) is 3. The summed E-state index contributed by atoms with van der Waals surface area (Å²) >= 11 is 0. The number of nitrogen functional groups attached to an aromatic ring is 1. The van der Waals surface area contributed by atoms with Gasteiger partial charge in [0.2, 0.25) is 0 Å². The van der Waals surface area contributed by atoms with Gasteiger partial charge in [0.05, 0.1) is 5.52 Å². The summed E-state index contributed by atoms with van der Waals surface area (Å²) in [6.45, 7) is 0. The van der Waals surface area contributed by atoms with Crippen molar-refractivity contribution in [3.05, 3.63) is 24.5 Å². The molecule has 2 aromatic rings. The molecule has 0 amide bonds. The zero-order valence-corrected chi connectivity index (χ0v) is 8.23. The van der Waals surface area contributed by atoms with Crippen molar-refractivity contribution in [2.24, 2.45) is 0 Å². The van der Waals surface area contributed by atoms with Gasteiger partial charge in [-0.15, -0.1) is 0 Å². The molecule has 0 aliphatic heterocycles. The lowest BCUT2D eigenvalue weighted by Gasteiger charge is -2.13. The Balaban J connectivity index is 2.77. The maximum atomic E-state index is 5.72. The average Bonchev–Trinajstić information content (AvgIpc) is 2.16. The van der Waals surface area contributed by atoms with Gasteiger partial charge in [0.25, 0.3) is 0 Å². The molecule has 0 saturated carbocycles. The Morgan fingerprint density at radius 3 is 2.71 bits per heavy atom. The minimum Gasteiger partial charge on any atom is -0.399 e. The maximum absolute atomic E-state index is 5.72. The van der Waals surface area contributed by atoms with Crippen molar-refractivity contribution in [1.29, 1.82) is 0 Å². The highest BCUT2D eigenvalue weighted by Gasteiger charge is 2.04. The van der Waals surface area contributed by atoms with Crippen LogP contribution >= 0.6 is 0 Å². The summed E-state index contributed by atoms with van der Waals surface area (Å²) in [7, 11) is 3.90. The second-order valence-electron chi connectivity index (χ2n) is 3.37. The van der Waals surface area contributed by atoms with E-state index in [0.29, 0.717) is 0 Å². The zero-order valence-electron chi connectivity index (χ0n) is 8.23. The average molecular weight is 188 g/mol. The molecular weight excluding hydrogens is 176 g/mol. The van der Waals surface area contributed by atoms with Crippen LogP contribution in [-0.2, 0) is 0 Å². The standard InChI is InChI=1S/C10H12N4/c1-14(2)10-8-5-7(11)3-4-9(8)12-6-13-10/h3-6H,11H2,1-2H3. The van der Waals surface area contributed by atoms with Gasteiger partial charge in [0.1, 0.15) is 12.1 Å². The van der Waals surface area contributed by atoms with Gasteiger partial charge in [0.15, 0.2) is 0 Å². The number of nitrogens with two attached hydrogens (primary N) is 1. The number of hydrogen-bond donors (Lipinski definition) is 1. The third-order valence-electron chi connectivity index (χ3n) is 2.06. The van der Waals surface area contributed by atoms with Crippen molar-refractivity contribution < 1.29 is 0 Å². The first-order valence-corrected chi connectivity index (χ1v) is 4.36. The van der Waals surface area contributed by atoms with Crippen molar-refractivity contribution in [1.82, 2.24) is 9.97 Å². The normalized spacial score (nSPS) is 10.4. The van der Waals surface area contributed by atoms with Crippen LogP contribution in [0.2, 0.25) is 0 Å². The van der Waals surface area contributed by atoms with E-state index in [1.165, 1.54) is 0 Å². The molecule has 4 nitrogen and oxygen atoms in total. The van der Waals surface area contributed by atoms with Gasteiger partial charge in [-0.25, -0.2) is 9.97 Å². The number of hydrogen-bond acceptors (Lipinski definition) is 4. The fourth-order valence-corrected chi connectivity index (χ4v) is 1.42. The Morgan fingerprint density at radius 2 is 2.00 bits per heavy atom. The molecule has 0 aliphatic carbocycles. The van der Waals surface area contributed by atoms with Crippen LogP contribution in [0.3, 0.4) is 0 Å². The van der Waals surface area contributed by atoms with Crippen molar-refractivity contribution >= 4 is 22.4 Å². The van der Waals surface area contributed by atoms with Gasteiger partial charge >= 0.3 is 0 Å². The van der Waals surface area contributed by atoms with Crippen LogP contribution in [0.25, 0.3) is 10.9 Å². The number of fused-ring (bicyclic) bond motifs is 1. The van der Waals surface area contributed by atoms with Crippen LogP contribution in [0, 0.1) is 0 Å². The van der Waals surface area contributed by atoms with Gasteiger partial charge < -0.3 is 10.6 Å². The third kappa shape index (κ3) is 1.35. The first kappa shape index (κ1) is 8.74. The Labute approximate surface area is 82.4 Å². The molecule has 72 valence electrons. The Hall–Kier alpha value is -1.84. The summed E-state index contributed by atoms with van der Waals surface area (Å²) in [6, 6.07) is 5.64. The monoisotopic (exact) mass is 188 g/mol. The van der Waals surface area contributed by atoms with E-state index in [4.69, 9.17) is 5.73 Å². The highest BCUT2D eigenvalue weighted by Crippen LogP contribution is 2.22. The molecule has 0 fully saturated rings. The molecule has 0 bridgehead atoms. The SMILES string of the molecule is CN(C)c1ncnc2ccc(N)cc12. The lowest BCUT2D eigenvalue weighted by molar-refractivity contribution is 1.06. The minimum atomic E-state index is 0.732. The smallest absolute Gasteiger partial charge is 0.139 e. The molecule has 14 heavy (non-hydrogen) atoms. The number of anilines is 2. The first-order valence-electron chi connectivity index (χ1n) is 4.36. The van der Waals surface area contributed by atoms with Crippen molar-refractivity contribution in [2.75, 3.05) is 24.7 Å². The largest absolute Gasteiger partial charge is 0.399 e. The Bertz CT molecular complexity index is 465. The van der Waals surface area contributed by atoms with E-state index in [0.717, 1.165) is 22.4 Å². The van der Waals surface area contributed by atoms with E-state index in [-0.39, 0.29) is 0 Å². The molecule has 4 heteroatoms. The van der Waals surface area contributed by atoms with Crippen molar-refractivity contribution in [3.63, 3.8) is 0 Å². The summed E-state index contributed by atoms with van der Waals surface area (Å²) in [5.74, 6) is 0.891. The molecule has 2 N–H and O–H groups in total. The summed E-state index contributed by atoms with van der Waals surface area (Å²) in [4.78, 5) is 10.3. The van der Waals surface area contributed by atoms with E-state index in [1.54, 1.807) is 6.33 Å². The summed E-state index contributed by atoms with van der Waals surface area (Å²) < 4.78 is 0. The molecule has 0 aliphatic rings. The fourth-order valence-electron chi connectivity index (χ4n) is 1.42. The molecule has 1 aromatic carbocycles. The predicted octanol–water partition coefficient (Wildman–Crippen LogP) is 1.28. The molecule has 0 unspecified atom stereocenters. The van der Waals surface area contributed by atoms with Crippen LogP contribution in [-0.4, -0.2) is 24.1 Å². The lowest BCUT2D eigenvalue weighted by Crippen LogP contribution is -2.11. The molecule has 1 aromatic heterocycles. The van der Waals surface area contributed by atoms with Crippen LogP contribution in [0.4, 0.5) is 11.5 Å². The first-order chi connectivity index (χ1) is 6.68. The van der Waals surface area contributed by atoms with E-state index >= 15 is 0 Å². The predicted molar refractivity (Wildman–Crippen MR) is 58.3 cm³/mol. The van der Waals surface area contributed by atoms with Gasteiger partial charge in [0, 0.05) is 25.2 Å². The second kappa shape index (κ2) is 3.14. The molecule has 0 radical (unpaired) electrons. The van der Waals surface area contributed by atoms with Crippen LogP contribution < -0.4 is 10.6 Å². The summed E-state index contributed by atoms with van der Waals surface area (Å²) in [5, 5.41) is 0.984. The van der Waals surface area contributed by atoms with Crippen molar-refractivity contribution in [3.8, 4) is 0 Å². The highest BCUT2D eigenvalue weighted by atomic mass is 15.1. The van der Waals surface area contributed by atoms with E-state index in [1.807, 2.05) is 37.2 Å². The Morgan fingerprint density at radius 1 is 1.21 bits per heavy atom. The van der Waals surface area contributed by atoms with Crippen LogP contribution in [0.1, 0.15) is 0 Å². The third-order valence-corrected chi connectivity index (χ3v) is 2.06. The van der Waals surface area contributed by atoms with Crippen LogP contribution in [0.15, 0.2) is 24.5 Å². The molecule has 0 atom stereocenters. The molecule has 0 saturated heterocycles. The second-order valence-corrected chi connectivity index (χ2v) is 3.37. The van der Waals surface area contributed by atoms with Gasteiger partial charge in [-0.3, -0.25) is 0 Å². The topological polar surface area (TPSA) is 55.0 Å². The van der Waals surface area contributed by atoms with Gasteiger partial charge in [-0.1, -0.05) is 0 Å². The van der Waals surface area contributed by atoms with E-state index in [9.17, 15) is 0 Å². The Kier molecular flexibility index (Phi) is 1.96. The van der Waals surface area contributed by atoms with Gasteiger partial charge in [-0.05, 0) is 18.2 Å². The fraction of sp³-hybridized carbons (Fsp3) is 0.200. The van der Waals surface area contributed by atoms with Crippen molar-refractivity contribution in [2.45, 2.75) is 0 Å². The number of benzene rings is 1. The molecular formula is C10H12N4. The minimum absolute atomic E-state index is 0.732. The number of rotatable bonds is 1. The maximum Gasteiger partial charge on any atom is 0.139 e. The van der Waals surface area contributed by atoms with Crippen LogP contribution in [0.5, 0.6) is 0 Å². The molecule has 2 rings (SSSR count). The highest BCUT2D eigenvalue weighted by molar-refractivity contribution is 5.91.